The molecule has 0 spiro atoms. The van der Waals surface area contributed by atoms with Gasteiger partial charge < -0.3 is 5.32 Å². The minimum absolute atomic E-state index is 0.115. The van der Waals surface area contributed by atoms with Crippen LogP contribution in [0.15, 0.2) is 42.5 Å². The molecule has 0 aliphatic carbocycles. The van der Waals surface area contributed by atoms with Crippen molar-refractivity contribution < 1.29 is 4.92 Å². The van der Waals surface area contributed by atoms with E-state index in [9.17, 15) is 10.1 Å². The number of rotatable bonds is 4. The predicted molar refractivity (Wildman–Crippen MR) is 76.3 cm³/mol. The third kappa shape index (κ3) is 3.34. The highest BCUT2D eigenvalue weighted by Gasteiger charge is 2.10. The molecule has 0 saturated heterocycles. The van der Waals surface area contributed by atoms with E-state index in [2.05, 4.69) is 5.32 Å². The maximum atomic E-state index is 10.7. The summed E-state index contributed by atoms with van der Waals surface area (Å²) in [6.45, 7) is 0.457. The van der Waals surface area contributed by atoms with Gasteiger partial charge >= 0.3 is 0 Å². The highest BCUT2D eigenvalue weighted by molar-refractivity contribution is 5.61. The first-order valence-electron chi connectivity index (χ1n) is 6.05. The van der Waals surface area contributed by atoms with E-state index in [0.29, 0.717) is 17.8 Å². The average Bonchev–Trinajstić information content (AvgIpc) is 2.53. The van der Waals surface area contributed by atoms with Gasteiger partial charge in [0.15, 0.2) is 0 Å². The Morgan fingerprint density at radius 3 is 2.38 bits per heavy atom. The minimum atomic E-state index is -0.536. The first-order chi connectivity index (χ1) is 10.1. The predicted octanol–water partition coefficient (Wildman–Crippen LogP) is 2.95. The smallest absolute Gasteiger partial charge is 0.270 e. The van der Waals surface area contributed by atoms with Crippen LogP contribution in [0.3, 0.4) is 0 Å². The van der Waals surface area contributed by atoms with Gasteiger partial charge in [-0.2, -0.15) is 10.5 Å². The van der Waals surface area contributed by atoms with Crippen molar-refractivity contribution >= 4 is 11.4 Å². The fourth-order valence-corrected chi connectivity index (χ4v) is 1.79. The molecule has 1 N–H and O–H groups in total. The summed E-state index contributed by atoms with van der Waals surface area (Å²) in [6.07, 6.45) is 0. The molecular weight excluding hydrogens is 268 g/mol. The quantitative estimate of drug-likeness (QED) is 0.684. The van der Waals surface area contributed by atoms with Gasteiger partial charge in [0.05, 0.1) is 27.8 Å². The van der Waals surface area contributed by atoms with Crippen LogP contribution in [0.4, 0.5) is 11.4 Å². The number of hydrogen-bond acceptors (Lipinski definition) is 5. The maximum absolute atomic E-state index is 10.7. The van der Waals surface area contributed by atoms with E-state index in [1.165, 1.54) is 18.2 Å². The molecule has 0 fully saturated rings. The summed E-state index contributed by atoms with van der Waals surface area (Å²) in [6, 6.07) is 15.1. The lowest BCUT2D eigenvalue weighted by Gasteiger charge is -2.08. The largest absolute Gasteiger partial charge is 0.380 e. The fraction of sp³-hybridized carbons (Fsp3) is 0.0667. The first kappa shape index (κ1) is 14.0. The summed E-state index contributed by atoms with van der Waals surface area (Å²) in [5.41, 5.74) is 2.16. The molecule has 6 heteroatoms. The number of hydrogen-bond donors (Lipinski definition) is 1. The van der Waals surface area contributed by atoms with Gasteiger partial charge in [-0.3, -0.25) is 10.1 Å². The van der Waals surface area contributed by atoms with Gasteiger partial charge in [-0.05, 0) is 23.8 Å². The van der Waals surface area contributed by atoms with Crippen LogP contribution in [0.25, 0.3) is 0 Å². The summed E-state index contributed by atoms with van der Waals surface area (Å²) < 4.78 is 0. The Bertz CT molecular complexity index is 755. The second kappa shape index (κ2) is 6.18. The van der Waals surface area contributed by atoms with Gasteiger partial charge in [0, 0.05) is 18.7 Å². The molecule has 102 valence electrons. The normalized spacial score (nSPS) is 9.43. The fourth-order valence-electron chi connectivity index (χ4n) is 1.79. The average molecular weight is 278 g/mol. The molecule has 0 atom stereocenters. The highest BCUT2D eigenvalue weighted by atomic mass is 16.6. The van der Waals surface area contributed by atoms with Crippen LogP contribution >= 0.6 is 0 Å². The van der Waals surface area contributed by atoms with Gasteiger partial charge in [0.25, 0.3) is 5.69 Å². The molecule has 0 aliphatic heterocycles. The second-order valence-electron chi connectivity index (χ2n) is 4.26. The van der Waals surface area contributed by atoms with Crippen LogP contribution in [-0.4, -0.2) is 4.92 Å². The van der Waals surface area contributed by atoms with Crippen molar-refractivity contribution in [1.82, 2.24) is 0 Å². The van der Waals surface area contributed by atoms with Gasteiger partial charge in [-0.25, -0.2) is 0 Å². The lowest BCUT2D eigenvalue weighted by Crippen LogP contribution is -2.02. The third-order valence-corrected chi connectivity index (χ3v) is 2.90. The monoisotopic (exact) mass is 278 g/mol. The molecule has 0 aromatic heterocycles. The zero-order valence-electron chi connectivity index (χ0n) is 10.9. The topological polar surface area (TPSA) is 103 Å². The molecule has 2 aromatic carbocycles. The van der Waals surface area contributed by atoms with Gasteiger partial charge in [0.2, 0.25) is 0 Å². The standard InChI is InChI=1S/C15H10N4O2/c16-8-11-1-3-12(4-2-11)10-18-15-6-5-14(19(20)21)7-13(15)9-17/h1-7,18H,10H2. The Morgan fingerprint density at radius 2 is 1.81 bits per heavy atom. The van der Waals surface area contributed by atoms with Gasteiger partial charge in [-0.1, -0.05) is 12.1 Å². The van der Waals surface area contributed by atoms with Crippen LogP contribution in [0.5, 0.6) is 0 Å². The Balaban J connectivity index is 2.14. The van der Waals surface area contributed by atoms with Crippen LogP contribution in [0.2, 0.25) is 0 Å². The van der Waals surface area contributed by atoms with Crippen molar-refractivity contribution in [2.45, 2.75) is 6.54 Å². The molecule has 0 radical (unpaired) electrons. The lowest BCUT2D eigenvalue weighted by atomic mass is 10.1. The van der Waals surface area contributed by atoms with Crippen molar-refractivity contribution in [1.29, 1.82) is 10.5 Å². The molecule has 2 rings (SSSR count). The van der Waals surface area contributed by atoms with E-state index in [0.717, 1.165) is 5.56 Å². The number of nitriles is 2. The molecule has 0 amide bonds. The van der Waals surface area contributed by atoms with Crippen molar-refractivity contribution in [3.05, 3.63) is 69.3 Å². The summed E-state index contributed by atoms with van der Waals surface area (Å²) in [4.78, 5) is 10.1. The zero-order chi connectivity index (χ0) is 15.2. The minimum Gasteiger partial charge on any atom is -0.380 e. The van der Waals surface area contributed by atoms with Crippen molar-refractivity contribution in [2.75, 3.05) is 5.32 Å². The first-order valence-corrected chi connectivity index (χ1v) is 6.05. The second-order valence-corrected chi connectivity index (χ2v) is 4.26. The SMILES string of the molecule is N#Cc1ccc(CNc2ccc([N+](=O)[O-])cc2C#N)cc1. The molecule has 0 unspecified atom stereocenters. The number of non-ortho nitro benzene ring substituents is 1. The van der Waals surface area contributed by atoms with E-state index >= 15 is 0 Å². The Kier molecular flexibility index (Phi) is 4.13. The number of benzene rings is 2. The van der Waals surface area contributed by atoms with E-state index in [4.69, 9.17) is 10.5 Å². The van der Waals surface area contributed by atoms with E-state index in [1.807, 2.05) is 24.3 Å². The molecule has 0 aliphatic rings. The Hall–Kier alpha value is -3.38. The molecule has 0 saturated carbocycles. The van der Waals surface area contributed by atoms with E-state index < -0.39 is 4.92 Å². The summed E-state index contributed by atoms with van der Waals surface area (Å²) in [5.74, 6) is 0. The zero-order valence-corrected chi connectivity index (χ0v) is 10.9. The number of nitro benzene ring substituents is 1. The molecular formula is C15H10N4O2. The molecule has 21 heavy (non-hydrogen) atoms. The number of nitrogens with zero attached hydrogens (tertiary/aromatic N) is 3. The summed E-state index contributed by atoms with van der Waals surface area (Å²) in [7, 11) is 0. The van der Waals surface area contributed by atoms with Gasteiger partial charge in [-0.15, -0.1) is 0 Å². The Morgan fingerprint density at radius 1 is 1.10 bits per heavy atom. The summed E-state index contributed by atoms with van der Waals surface area (Å²) in [5, 5.41) is 31.5. The van der Waals surface area contributed by atoms with Crippen molar-refractivity contribution in [3.8, 4) is 12.1 Å². The molecule has 2 aromatic rings. The lowest BCUT2D eigenvalue weighted by molar-refractivity contribution is -0.384. The van der Waals surface area contributed by atoms with Crippen LogP contribution in [0, 0.1) is 32.8 Å². The Labute approximate surface area is 121 Å². The molecule has 0 heterocycles. The number of nitro groups is 1. The number of nitrogens with one attached hydrogen (secondary N) is 1. The van der Waals surface area contributed by atoms with Crippen molar-refractivity contribution in [2.24, 2.45) is 0 Å². The summed E-state index contributed by atoms with van der Waals surface area (Å²) >= 11 is 0. The molecule has 6 nitrogen and oxygen atoms in total. The van der Waals surface area contributed by atoms with Crippen molar-refractivity contribution in [3.63, 3.8) is 0 Å². The number of anilines is 1. The molecule has 0 bridgehead atoms. The van der Waals surface area contributed by atoms with Crippen LogP contribution in [0.1, 0.15) is 16.7 Å². The van der Waals surface area contributed by atoms with Gasteiger partial charge in [0.1, 0.15) is 6.07 Å². The third-order valence-electron chi connectivity index (χ3n) is 2.90. The highest BCUT2D eigenvalue weighted by Crippen LogP contribution is 2.22. The van der Waals surface area contributed by atoms with E-state index in [-0.39, 0.29) is 11.3 Å². The maximum Gasteiger partial charge on any atom is 0.270 e. The van der Waals surface area contributed by atoms with E-state index in [1.54, 1.807) is 12.1 Å². The van der Waals surface area contributed by atoms with Crippen LogP contribution < -0.4 is 5.32 Å². The van der Waals surface area contributed by atoms with Crippen LogP contribution in [-0.2, 0) is 6.54 Å².